The number of carbonyl (C=O) groups excluding carboxylic acids is 1. The van der Waals surface area contributed by atoms with E-state index in [1.807, 2.05) is 24.3 Å². The number of carbonyl (C=O) groups is 1. The zero-order valence-corrected chi connectivity index (χ0v) is 13.4. The summed E-state index contributed by atoms with van der Waals surface area (Å²) in [5.74, 6) is 0.0231. The number of para-hydroxylation sites is 1. The Morgan fingerprint density at radius 1 is 1.29 bits per heavy atom. The average molecular weight is 352 g/mol. The molecule has 0 aliphatic carbocycles. The fourth-order valence-electron chi connectivity index (χ4n) is 2.03. The molecule has 0 saturated carbocycles. The lowest BCUT2D eigenvalue weighted by Crippen LogP contribution is -2.26. The Balaban J connectivity index is 2.22. The molecule has 5 heteroatoms. The Morgan fingerprint density at radius 3 is 2.71 bits per heavy atom. The zero-order valence-electron chi connectivity index (χ0n) is 11.8. The summed E-state index contributed by atoms with van der Waals surface area (Å²) in [5.41, 5.74) is 1.19. The van der Waals surface area contributed by atoms with Gasteiger partial charge in [-0.1, -0.05) is 18.2 Å². The molecule has 0 spiro atoms. The summed E-state index contributed by atoms with van der Waals surface area (Å²) in [5, 5.41) is 0. The highest BCUT2D eigenvalue weighted by Gasteiger charge is 2.17. The number of hydrogen-bond acceptors (Lipinski definition) is 2. The predicted octanol–water partition coefficient (Wildman–Crippen LogP) is 3.87. The summed E-state index contributed by atoms with van der Waals surface area (Å²) in [6.07, 6.45) is 0. The highest BCUT2D eigenvalue weighted by molar-refractivity contribution is 9.10. The van der Waals surface area contributed by atoms with Gasteiger partial charge in [-0.2, -0.15) is 0 Å². The van der Waals surface area contributed by atoms with Gasteiger partial charge in [0.2, 0.25) is 0 Å². The first-order valence-electron chi connectivity index (χ1n) is 6.35. The van der Waals surface area contributed by atoms with Crippen molar-refractivity contribution in [2.45, 2.75) is 6.54 Å². The molecule has 1 amide bonds. The third kappa shape index (κ3) is 3.61. The van der Waals surface area contributed by atoms with Gasteiger partial charge in [0.05, 0.1) is 12.7 Å². The van der Waals surface area contributed by atoms with E-state index in [1.165, 1.54) is 23.1 Å². The fourth-order valence-corrected chi connectivity index (χ4v) is 2.44. The van der Waals surface area contributed by atoms with Crippen LogP contribution in [0.3, 0.4) is 0 Å². The number of methoxy groups -OCH3 is 1. The predicted molar refractivity (Wildman–Crippen MR) is 82.9 cm³/mol. The Bertz CT molecular complexity index is 660. The third-order valence-corrected chi connectivity index (χ3v) is 3.80. The molecular weight excluding hydrogens is 337 g/mol. The third-order valence-electron chi connectivity index (χ3n) is 3.11. The van der Waals surface area contributed by atoms with Crippen molar-refractivity contribution < 1.29 is 13.9 Å². The van der Waals surface area contributed by atoms with Gasteiger partial charge in [0.15, 0.2) is 0 Å². The number of hydrogen-bond donors (Lipinski definition) is 0. The maximum atomic E-state index is 13.3. The molecule has 21 heavy (non-hydrogen) atoms. The lowest BCUT2D eigenvalue weighted by molar-refractivity contribution is 0.0783. The molecule has 0 N–H and O–H groups in total. The van der Waals surface area contributed by atoms with E-state index >= 15 is 0 Å². The van der Waals surface area contributed by atoms with E-state index in [2.05, 4.69) is 15.9 Å². The number of rotatable bonds is 4. The van der Waals surface area contributed by atoms with E-state index in [9.17, 15) is 9.18 Å². The lowest BCUT2D eigenvalue weighted by atomic mass is 10.1. The van der Waals surface area contributed by atoms with Crippen LogP contribution >= 0.6 is 15.9 Å². The number of benzene rings is 2. The molecule has 0 unspecified atom stereocenters. The van der Waals surface area contributed by atoms with Crippen molar-refractivity contribution >= 4 is 21.8 Å². The van der Waals surface area contributed by atoms with Crippen molar-refractivity contribution in [2.75, 3.05) is 14.2 Å². The van der Waals surface area contributed by atoms with Crippen LogP contribution in [-0.4, -0.2) is 25.0 Å². The second kappa shape index (κ2) is 6.72. The molecule has 0 radical (unpaired) electrons. The summed E-state index contributed by atoms with van der Waals surface area (Å²) in [6.45, 7) is 0.381. The minimum atomic E-state index is -0.438. The molecule has 0 fully saturated rings. The van der Waals surface area contributed by atoms with Crippen molar-refractivity contribution in [3.63, 3.8) is 0 Å². The van der Waals surface area contributed by atoms with E-state index in [1.54, 1.807) is 14.2 Å². The summed E-state index contributed by atoms with van der Waals surface area (Å²) >= 11 is 3.27. The highest BCUT2D eigenvalue weighted by Crippen LogP contribution is 2.22. The SMILES string of the molecule is COc1ccccc1CN(C)C(=O)c1cc(F)ccc1Br. The molecule has 2 aromatic rings. The normalized spacial score (nSPS) is 10.3. The molecule has 0 heterocycles. The summed E-state index contributed by atoms with van der Waals surface area (Å²) in [4.78, 5) is 13.9. The molecule has 110 valence electrons. The van der Waals surface area contributed by atoms with Gasteiger partial charge < -0.3 is 9.64 Å². The molecule has 0 aliphatic rings. The van der Waals surface area contributed by atoms with Crippen LogP contribution in [0.25, 0.3) is 0 Å². The maximum Gasteiger partial charge on any atom is 0.255 e. The number of halogens is 2. The van der Waals surface area contributed by atoms with Crippen LogP contribution in [0.1, 0.15) is 15.9 Å². The number of nitrogens with zero attached hydrogens (tertiary/aromatic N) is 1. The highest BCUT2D eigenvalue weighted by atomic mass is 79.9. The molecule has 0 aliphatic heterocycles. The summed E-state index contributed by atoms with van der Waals surface area (Å²) in [6, 6.07) is 11.5. The van der Waals surface area contributed by atoms with Crippen molar-refractivity contribution in [3.8, 4) is 5.75 Å². The molecule has 2 aromatic carbocycles. The van der Waals surface area contributed by atoms with E-state index in [-0.39, 0.29) is 5.91 Å². The fraction of sp³-hybridized carbons (Fsp3) is 0.188. The van der Waals surface area contributed by atoms with Gasteiger partial charge in [-0.15, -0.1) is 0 Å². The van der Waals surface area contributed by atoms with Gasteiger partial charge in [-0.05, 0) is 40.2 Å². The van der Waals surface area contributed by atoms with Gasteiger partial charge in [-0.3, -0.25) is 4.79 Å². The first-order chi connectivity index (χ1) is 10.0. The smallest absolute Gasteiger partial charge is 0.255 e. The zero-order chi connectivity index (χ0) is 15.4. The molecule has 0 bridgehead atoms. The van der Waals surface area contributed by atoms with E-state index in [0.29, 0.717) is 16.6 Å². The van der Waals surface area contributed by atoms with Gasteiger partial charge in [-0.25, -0.2) is 4.39 Å². The minimum absolute atomic E-state index is 0.257. The number of ether oxygens (including phenoxy) is 1. The molecule has 3 nitrogen and oxygen atoms in total. The number of amides is 1. The van der Waals surface area contributed by atoms with Crippen LogP contribution in [0, 0.1) is 5.82 Å². The Labute approximate surface area is 131 Å². The van der Waals surface area contributed by atoms with Crippen LogP contribution < -0.4 is 4.74 Å². The van der Waals surface area contributed by atoms with Crippen molar-refractivity contribution in [3.05, 3.63) is 63.9 Å². The van der Waals surface area contributed by atoms with Crippen molar-refractivity contribution in [1.29, 1.82) is 0 Å². The molecule has 2 rings (SSSR count). The van der Waals surface area contributed by atoms with Crippen LogP contribution in [-0.2, 0) is 6.54 Å². The Hall–Kier alpha value is -1.88. The second-order valence-electron chi connectivity index (χ2n) is 4.60. The summed E-state index contributed by atoms with van der Waals surface area (Å²) < 4.78 is 19.1. The van der Waals surface area contributed by atoms with Crippen molar-refractivity contribution in [2.24, 2.45) is 0 Å². The lowest BCUT2D eigenvalue weighted by Gasteiger charge is -2.19. The first-order valence-corrected chi connectivity index (χ1v) is 7.14. The van der Waals surface area contributed by atoms with Gasteiger partial charge in [0.1, 0.15) is 11.6 Å². The minimum Gasteiger partial charge on any atom is -0.496 e. The van der Waals surface area contributed by atoms with Gasteiger partial charge >= 0.3 is 0 Å². The van der Waals surface area contributed by atoms with Crippen LogP contribution in [0.5, 0.6) is 5.75 Å². The van der Waals surface area contributed by atoms with Crippen LogP contribution in [0.2, 0.25) is 0 Å². The maximum absolute atomic E-state index is 13.3. The molecule has 0 atom stereocenters. The van der Waals surface area contributed by atoms with E-state index in [0.717, 1.165) is 11.3 Å². The molecule has 0 aromatic heterocycles. The first kappa shape index (κ1) is 15.5. The average Bonchev–Trinajstić information content (AvgIpc) is 2.49. The van der Waals surface area contributed by atoms with E-state index < -0.39 is 5.82 Å². The van der Waals surface area contributed by atoms with E-state index in [4.69, 9.17) is 4.74 Å². The summed E-state index contributed by atoms with van der Waals surface area (Å²) in [7, 11) is 3.26. The largest absolute Gasteiger partial charge is 0.496 e. The van der Waals surface area contributed by atoms with Gasteiger partial charge in [0, 0.05) is 23.6 Å². The van der Waals surface area contributed by atoms with Crippen LogP contribution in [0.15, 0.2) is 46.9 Å². The molecular formula is C16H15BrFNO2. The second-order valence-corrected chi connectivity index (χ2v) is 5.45. The Morgan fingerprint density at radius 2 is 2.00 bits per heavy atom. The monoisotopic (exact) mass is 351 g/mol. The van der Waals surface area contributed by atoms with Crippen molar-refractivity contribution in [1.82, 2.24) is 4.90 Å². The quantitative estimate of drug-likeness (QED) is 0.836. The van der Waals surface area contributed by atoms with Gasteiger partial charge in [0.25, 0.3) is 5.91 Å². The molecule has 0 saturated heterocycles. The van der Waals surface area contributed by atoms with Crippen LogP contribution in [0.4, 0.5) is 4.39 Å². The Kier molecular flexibility index (Phi) is 4.96. The standard InChI is InChI=1S/C16H15BrFNO2/c1-19(10-11-5-3-4-6-15(11)21-2)16(20)13-9-12(18)7-8-14(13)17/h3-9H,10H2,1-2H3. The topological polar surface area (TPSA) is 29.5 Å².